The van der Waals surface area contributed by atoms with Gasteiger partial charge in [0.15, 0.2) is 0 Å². The molecular formula is C13H15ClN2O2. The lowest BCUT2D eigenvalue weighted by Crippen LogP contribution is -2.49. The van der Waals surface area contributed by atoms with E-state index >= 15 is 0 Å². The molecule has 4 nitrogen and oxygen atoms in total. The zero-order valence-corrected chi connectivity index (χ0v) is 10.9. The Balaban J connectivity index is 2.34. The molecule has 0 saturated carbocycles. The Bertz CT molecular complexity index is 473. The van der Waals surface area contributed by atoms with Crippen molar-refractivity contribution in [2.75, 3.05) is 24.7 Å². The van der Waals surface area contributed by atoms with Crippen LogP contribution in [0.5, 0.6) is 0 Å². The number of morpholine rings is 1. The summed E-state index contributed by atoms with van der Waals surface area (Å²) >= 11 is 5.99. The predicted molar refractivity (Wildman–Crippen MR) is 69.8 cm³/mol. The number of ether oxygens (including phenoxy) is 1. The highest BCUT2D eigenvalue weighted by Crippen LogP contribution is 2.28. The van der Waals surface area contributed by atoms with Crippen LogP contribution in [0.4, 0.5) is 5.69 Å². The molecule has 1 saturated heterocycles. The van der Waals surface area contributed by atoms with Gasteiger partial charge in [0.25, 0.3) is 0 Å². The van der Waals surface area contributed by atoms with Gasteiger partial charge in [0.2, 0.25) is 0 Å². The second-order valence-corrected chi connectivity index (χ2v) is 4.85. The highest BCUT2D eigenvalue weighted by atomic mass is 35.5. The van der Waals surface area contributed by atoms with Gasteiger partial charge in [-0.05, 0) is 25.1 Å². The Morgan fingerprint density at radius 2 is 2.39 bits per heavy atom. The van der Waals surface area contributed by atoms with Crippen molar-refractivity contribution in [3.8, 4) is 6.07 Å². The van der Waals surface area contributed by atoms with Gasteiger partial charge in [0.1, 0.15) is 6.07 Å². The molecule has 0 aliphatic carbocycles. The first-order valence-corrected chi connectivity index (χ1v) is 6.22. The van der Waals surface area contributed by atoms with Gasteiger partial charge in [0.05, 0.1) is 30.6 Å². The Labute approximate surface area is 111 Å². The number of hydrogen-bond donors (Lipinski definition) is 1. The average molecular weight is 267 g/mol. The third-order valence-electron chi connectivity index (χ3n) is 3.10. The van der Waals surface area contributed by atoms with Crippen LogP contribution < -0.4 is 4.90 Å². The molecule has 1 aromatic rings. The summed E-state index contributed by atoms with van der Waals surface area (Å²) in [7, 11) is 0. The quantitative estimate of drug-likeness (QED) is 0.887. The summed E-state index contributed by atoms with van der Waals surface area (Å²) < 4.78 is 5.49. The zero-order valence-electron chi connectivity index (χ0n) is 10.1. The Morgan fingerprint density at radius 1 is 1.61 bits per heavy atom. The van der Waals surface area contributed by atoms with E-state index in [1.165, 1.54) is 0 Å². The average Bonchev–Trinajstić information content (AvgIpc) is 2.39. The van der Waals surface area contributed by atoms with Crippen LogP contribution >= 0.6 is 11.6 Å². The van der Waals surface area contributed by atoms with Gasteiger partial charge in [-0.25, -0.2) is 0 Å². The third kappa shape index (κ3) is 2.59. The second-order valence-electron chi connectivity index (χ2n) is 4.41. The van der Waals surface area contributed by atoms with E-state index < -0.39 is 0 Å². The van der Waals surface area contributed by atoms with Crippen molar-refractivity contribution in [3.63, 3.8) is 0 Å². The summed E-state index contributed by atoms with van der Waals surface area (Å²) in [6.07, 6.45) is -0.216. The number of nitrogens with zero attached hydrogens (tertiary/aromatic N) is 2. The maximum absolute atomic E-state index is 9.18. The van der Waals surface area contributed by atoms with Crippen LogP contribution in [0.25, 0.3) is 0 Å². The minimum atomic E-state index is -0.216. The first-order chi connectivity index (χ1) is 8.65. The fourth-order valence-corrected chi connectivity index (χ4v) is 2.27. The number of aliphatic hydroxyl groups is 1. The van der Waals surface area contributed by atoms with E-state index in [0.717, 1.165) is 5.69 Å². The molecule has 1 aliphatic rings. The lowest BCUT2D eigenvalue weighted by atomic mass is 10.1. The lowest BCUT2D eigenvalue weighted by Gasteiger charge is -2.39. The van der Waals surface area contributed by atoms with Gasteiger partial charge < -0.3 is 14.7 Å². The largest absolute Gasteiger partial charge is 0.394 e. The third-order valence-corrected chi connectivity index (χ3v) is 3.33. The second kappa shape index (κ2) is 5.57. The molecule has 0 aromatic heterocycles. The van der Waals surface area contributed by atoms with Gasteiger partial charge in [-0.3, -0.25) is 0 Å². The molecule has 2 rings (SSSR count). The van der Waals surface area contributed by atoms with E-state index in [-0.39, 0.29) is 18.8 Å². The fourth-order valence-electron chi connectivity index (χ4n) is 2.10. The van der Waals surface area contributed by atoms with Crippen molar-refractivity contribution in [3.05, 3.63) is 28.8 Å². The molecule has 0 radical (unpaired) electrons. The molecule has 5 heteroatoms. The molecule has 1 aliphatic heterocycles. The summed E-state index contributed by atoms with van der Waals surface area (Å²) in [5.41, 5.74) is 1.39. The summed E-state index contributed by atoms with van der Waals surface area (Å²) in [5.74, 6) is 0. The first kappa shape index (κ1) is 13.2. The molecule has 96 valence electrons. The minimum Gasteiger partial charge on any atom is -0.394 e. The van der Waals surface area contributed by atoms with Crippen molar-refractivity contribution in [2.45, 2.75) is 19.1 Å². The number of halogens is 1. The summed E-state index contributed by atoms with van der Waals surface area (Å²) in [4.78, 5) is 2.06. The van der Waals surface area contributed by atoms with Gasteiger partial charge >= 0.3 is 0 Å². The lowest BCUT2D eigenvalue weighted by molar-refractivity contribution is -0.0103. The number of nitriles is 1. The highest BCUT2D eigenvalue weighted by molar-refractivity contribution is 6.30. The number of rotatable bonds is 2. The molecule has 1 aromatic carbocycles. The van der Waals surface area contributed by atoms with Gasteiger partial charge in [-0.15, -0.1) is 0 Å². The van der Waals surface area contributed by atoms with E-state index in [2.05, 4.69) is 11.0 Å². The van der Waals surface area contributed by atoms with Gasteiger partial charge in [0, 0.05) is 17.6 Å². The summed E-state index contributed by atoms with van der Waals surface area (Å²) in [5, 5.41) is 18.9. The van der Waals surface area contributed by atoms with Crippen LogP contribution in [0.1, 0.15) is 12.5 Å². The summed E-state index contributed by atoms with van der Waals surface area (Å²) in [6.45, 7) is 3.09. The summed E-state index contributed by atoms with van der Waals surface area (Å²) in [6, 6.07) is 7.53. The molecule has 0 spiro atoms. The Hall–Kier alpha value is -1.28. The standard InChI is InChI=1S/C13H15ClN2O2/c1-9-8-18-12(7-17)6-16(9)13-4-11(14)3-2-10(13)5-15/h2-4,9,12,17H,6-8H2,1H3. The maximum atomic E-state index is 9.18. The van der Waals surface area contributed by atoms with Crippen molar-refractivity contribution in [1.82, 2.24) is 0 Å². The molecule has 0 amide bonds. The normalized spacial score (nSPS) is 23.8. The molecular weight excluding hydrogens is 252 g/mol. The van der Waals surface area contributed by atoms with Crippen LogP contribution in [-0.4, -0.2) is 37.0 Å². The zero-order chi connectivity index (χ0) is 13.1. The maximum Gasteiger partial charge on any atom is 0.101 e. The van der Waals surface area contributed by atoms with Gasteiger partial charge in [-0.2, -0.15) is 5.26 Å². The van der Waals surface area contributed by atoms with Crippen molar-refractivity contribution >= 4 is 17.3 Å². The van der Waals surface area contributed by atoms with Crippen molar-refractivity contribution < 1.29 is 9.84 Å². The van der Waals surface area contributed by atoms with Crippen LogP contribution in [0.3, 0.4) is 0 Å². The van der Waals surface area contributed by atoms with E-state index in [0.29, 0.717) is 23.7 Å². The van der Waals surface area contributed by atoms with E-state index in [1.807, 2.05) is 6.92 Å². The van der Waals surface area contributed by atoms with Crippen molar-refractivity contribution in [2.24, 2.45) is 0 Å². The van der Waals surface area contributed by atoms with Crippen LogP contribution in [0, 0.1) is 11.3 Å². The van der Waals surface area contributed by atoms with E-state index in [4.69, 9.17) is 21.6 Å². The van der Waals surface area contributed by atoms with Crippen molar-refractivity contribution in [1.29, 1.82) is 5.26 Å². The predicted octanol–water partition coefficient (Wildman–Crippen LogP) is 1.80. The monoisotopic (exact) mass is 266 g/mol. The molecule has 0 bridgehead atoms. The Morgan fingerprint density at radius 3 is 3.06 bits per heavy atom. The van der Waals surface area contributed by atoms with Gasteiger partial charge in [-0.1, -0.05) is 11.6 Å². The number of hydrogen-bond acceptors (Lipinski definition) is 4. The molecule has 1 heterocycles. The first-order valence-electron chi connectivity index (χ1n) is 5.84. The highest BCUT2D eigenvalue weighted by Gasteiger charge is 2.27. The Kier molecular flexibility index (Phi) is 4.07. The molecule has 2 unspecified atom stereocenters. The van der Waals surface area contributed by atoms with E-state index in [9.17, 15) is 5.11 Å². The number of benzene rings is 1. The molecule has 1 fully saturated rings. The number of aliphatic hydroxyl groups excluding tert-OH is 1. The van der Waals surface area contributed by atoms with Crippen LogP contribution in [0.15, 0.2) is 18.2 Å². The smallest absolute Gasteiger partial charge is 0.101 e. The molecule has 1 N–H and O–H groups in total. The molecule has 2 atom stereocenters. The number of anilines is 1. The van der Waals surface area contributed by atoms with E-state index in [1.54, 1.807) is 18.2 Å². The van der Waals surface area contributed by atoms with Crippen LogP contribution in [-0.2, 0) is 4.74 Å². The fraction of sp³-hybridized carbons (Fsp3) is 0.462. The topological polar surface area (TPSA) is 56.5 Å². The molecule has 18 heavy (non-hydrogen) atoms. The van der Waals surface area contributed by atoms with Crippen LogP contribution in [0.2, 0.25) is 5.02 Å². The SMILES string of the molecule is CC1COC(CO)CN1c1cc(Cl)ccc1C#N. The minimum absolute atomic E-state index is 0.0222.